The van der Waals surface area contributed by atoms with Crippen molar-refractivity contribution in [2.75, 3.05) is 0 Å². The molecule has 0 radical (unpaired) electrons. The van der Waals surface area contributed by atoms with Crippen LogP contribution in [-0.2, 0) is 4.79 Å². The number of carboxylic acids is 1. The number of hydrogen-bond donors (Lipinski definition) is 2. The van der Waals surface area contributed by atoms with Crippen LogP contribution in [0.15, 0.2) is 24.3 Å². The Balaban J connectivity index is 1.89. The highest BCUT2D eigenvalue weighted by Gasteiger charge is 2.28. The fraction of sp³-hybridized carbons (Fsp3) is 0.375. The summed E-state index contributed by atoms with van der Waals surface area (Å²) in [6.45, 7) is 0. The zero-order valence-electron chi connectivity index (χ0n) is 11.4. The first-order chi connectivity index (χ1) is 10.0. The molecule has 0 atom stereocenters. The number of halogens is 1. The minimum atomic E-state index is -0.707. The van der Waals surface area contributed by atoms with Gasteiger partial charge in [-0.25, -0.2) is 0 Å². The van der Waals surface area contributed by atoms with Gasteiger partial charge in [-0.15, -0.1) is 0 Å². The summed E-state index contributed by atoms with van der Waals surface area (Å²) in [6, 6.07) is 6.84. The van der Waals surface area contributed by atoms with Gasteiger partial charge in [0.1, 0.15) is 5.75 Å². The summed E-state index contributed by atoms with van der Waals surface area (Å²) < 4.78 is 0. The Morgan fingerprint density at radius 2 is 1.90 bits per heavy atom. The lowest BCUT2D eigenvalue weighted by Gasteiger charge is -2.26. The molecule has 0 unspecified atom stereocenters. The highest BCUT2D eigenvalue weighted by atomic mass is 35.5. The number of hydrogen-bond acceptors (Lipinski definition) is 3. The first-order valence-electron chi connectivity index (χ1n) is 7.06. The van der Waals surface area contributed by atoms with Crippen LogP contribution in [-0.4, -0.2) is 21.2 Å². The summed E-state index contributed by atoms with van der Waals surface area (Å²) in [7, 11) is 0. The van der Waals surface area contributed by atoms with Gasteiger partial charge in [0.05, 0.1) is 22.2 Å². The lowest BCUT2D eigenvalue weighted by atomic mass is 9.80. The third kappa shape index (κ3) is 2.81. The normalized spacial score (nSPS) is 22.3. The molecule has 5 heteroatoms. The first-order valence-corrected chi connectivity index (χ1v) is 7.44. The lowest BCUT2D eigenvalue weighted by molar-refractivity contribution is -0.142. The number of fused-ring (bicyclic) bond motifs is 1. The molecule has 1 aromatic carbocycles. The first kappa shape index (κ1) is 14.1. The van der Waals surface area contributed by atoms with E-state index in [2.05, 4.69) is 4.98 Å². The van der Waals surface area contributed by atoms with Crippen molar-refractivity contribution in [2.24, 2.45) is 5.92 Å². The van der Waals surface area contributed by atoms with Crippen LogP contribution in [0.4, 0.5) is 0 Å². The van der Waals surface area contributed by atoms with E-state index in [1.165, 1.54) is 0 Å². The van der Waals surface area contributed by atoms with E-state index in [9.17, 15) is 9.90 Å². The molecular formula is C16H16ClNO3. The van der Waals surface area contributed by atoms with Crippen molar-refractivity contribution in [3.05, 3.63) is 35.0 Å². The Labute approximate surface area is 127 Å². The number of nitrogens with zero attached hydrogens (tertiary/aromatic N) is 1. The van der Waals surface area contributed by atoms with Crippen LogP contribution < -0.4 is 0 Å². The van der Waals surface area contributed by atoms with Crippen LogP contribution in [0.3, 0.4) is 0 Å². The molecule has 0 bridgehead atoms. The summed E-state index contributed by atoms with van der Waals surface area (Å²) in [5.74, 6) is -0.541. The molecule has 4 nitrogen and oxygen atoms in total. The second kappa shape index (κ2) is 5.53. The van der Waals surface area contributed by atoms with Crippen LogP contribution in [0.25, 0.3) is 10.9 Å². The standard InChI is InChI=1S/C16H16ClNO3/c17-13-8-11-7-12(19)5-6-14(11)18-15(13)9-1-3-10(4-2-9)16(20)21/h5-10,19H,1-4H2,(H,20,21)/t9-,10+. The maximum atomic E-state index is 11.0. The number of benzene rings is 1. The number of phenols is 1. The number of aromatic hydroxyl groups is 1. The van der Waals surface area contributed by atoms with Gasteiger partial charge in [0, 0.05) is 11.3 Å². The molecule has 21 heavy (non-hydrogen) atoms. The molecule has 1 aliphatic carbocycles. The van der Waals surface area contributed by atoms with E-state index in [0.29, 0.717) is 17.9 Å². The second-order valence-electron chi connectivity index (χ2n) is 5.62. The average Bonchev–Trinajstić information content (AvgIpc) is 2.46. The van der Waals surface area contributed by atoms with Crippen molar-refractivity contribution in [1.82, 2.24) is 4.98 Å². The van der Waals surface area contributed by atoms with Crippen LogP contribution in [0, 0.1) is 5.92 Å². The van der Waals surface area contributed by atoms with Crippen LogP contribution >= 0.6 is 11.6 Å². The number of rotatable bonds is 2. The van der Waals surface area contributed by atoms with E-state index >= 15 is 0 Å². The number of pyridine rings is 1. The van der Waals surface area contributed by atoms with Crippen LogP contribution in [0.1, 0.15) is 37.3 Å². The van der Waals surface area contributed by atoms with Gasteiger partial charge in [0.2, 0.25) is 0 Å². The minimum Gasteiger partial charge on any atom is -0.508 e. The molecular weight excluding hydrogens is 290 g/mol. The van der Waals surface area contributed by atoms with Crippen LogP contribution in [0.2, 0.25) is 5.02 Å². The van der Waals surface area contributed by atoms with Crippen molar-refractivity contribution in [3.8, 4) is 5.75 Å². The fourth-order valence-electron chi connectivity index (χ4n) is 3.05. The zero-order chi connectivity index (χ0) is 15.0. The van der Waals surface area contributed by atoms with Gasteiger partial charge in [-0.2, -0.15) is 0 Å². The van der Waals surface area contributed by atoms with Gasteiger partial charge >= 0.3 is 5.97 Å². The molecule has 0 aliphatic heterocycles. The van der Waals surface area contributed by atoms with Gasteiger partial charge in [0.15, 0.2) is 0 Å². The zero-order valence-corrected chi connectivity index (χ0v) is 12.2. The Bertz CT molecular complexity index is 693. The smallest absolute Gasteiger partial charge is 0.306 e. The molecule has 2 N–H and O–H groups in total. The maximum absolute atomic E-state index is 11.0. The fourth-order valence-corrected chi connectivity index (χ4v) is 3.37. The molecule has 2 aromatic rings. The molecule has 0 amide bonds. The minimum absolute atomic E-state index is 0.190. The summed E-state index contributed by atoms with van der Waals surface area (Å²) in [5, 5.41) is 19.9. The third-order valence-corrected chi connectivity index (χ3v) is 4.54. The van der Waals surface area contributed by atoms with E-state index in [1.807, 2.05) is 6.07 Å². The number of carboxylic acid groups (broad SMARTS) is 1. The molecule has 1 fully saturated rings. The number of aliphatic carboxylic acids is 1. The third-order valence-electron chi connectivity index (χ3n) is 4.24. The van der Waals surface area contributed by atoms with E-state index in [1.54, 1.807) is 18.2 Å². The van der Waals surface area contributed by atoms with Crippen molar-refractivity contribution in [3.63, 3.8) is 0 Å². The molecule has 1 saturated carbocycles. The Hall–Kier alpha value is -1.81. The molecule has 3 rings (SSSR count). The molecule has 1 aromatic heterocycles. The molecule has 0 saturated heterocycles. The van der Waals surface area contributed by atoms with Gasteiger partial charge in [0.25, 0.3) is 0 Å². The highest BCUT2D eigenvalue weighted by molar-refractivity contribution is 6.31. The molecule has 110 valence electrons. The maximum Gasteiger partial charge on any atom is 0.306 e. The Morgan fingerprint density at radius 3 is 2.57 bits per heavy atom. The monoisotopic (exact) mass is 305 g/mol. The van der Waals surface area contributed by atoms with E-state index in [4.69, 9.17) is 16.7 Å². The van der Waals surface area contributed by atoms with Crippen molar-refractivity contribution >= 4 is 28.5 Å². The van der Waals surface area contributed by atoms with Gasteiger partial charge in [-0.1, -0.05) is 11.6 Å². The summed E-state index contributed by atoms with van der Waals surface area (Å²) >= 11 is 6.33. The molecule has 0 spiro atoms. The number of carbonyl (C=O) groups is 1. The largest absolute Gasteiger partial charge is 0.508 e. The topological polar surface area (TPSA) is 70.4 Å². The number of phenolic OH excluding ortho intramolecular Hbond substituents is 1. The predicted octanol–water partition coefficient (Wildman–Crippen LogP) is 3.95. The predicted molar refractivity (Wildman–Crippen MR) is 80.8 cm³/mol. The van der Waals surface area contributed by atoms with Crippen LogP contribution in [0.5, 0.6) is 5.75 Å². The average molecular weight is 306 g/mol. The lowest BCUT2D eigenvalue weighted by Crippen LogP contribution is -2.21. The quantitative estimate of drug-likeness (QED) is 0.881. The van der Waals surface area contributed by atoms with E-state index in [0.717, 1.165) is 29.4 Å². The second-order valence-corrected chi connectivity index (χ2v) is 6.03. The summed E-state index contributed by atoms with van der Waals surface area (Å²) in [6.07, 6.45) is 2.94. The van der Waals surface area contributed by atoms with E-state index < -0.39 is 5.97 Å². The molecule has 1 heterocycles. The highest BCUT2D eigenvalue weighted by Crippen LogP contribution is 2.38. The van der Waals surface area contributed by atoms with Gasteiger partial charge < -0.3 is 10.2 Å². The van der Waals surface area contributed by atoms with Gasteiger partial charge in [-0.3, -0.25) is 9.78 Å². The van der Waals surface area contributed by atoms with E-state index in [-0.39, 0.29) is 17.6 Å². The Kier molecular flexibility index (Phi) is 3.72. The number of aromatic nitrogens is 1. The Morgan fingerprint density at radius 1 is 1.19 bits per heavy atom. The van der Waals surface area contributed by atoms with Crippen molar-refractivity contribution in [2.45, 2.75) is 31.6 Å². The van der Waals surface area contributed by atoms with Crippen molar-refractivity contribution < 1.29 is 15.0 Å². The van der Waals surface area contributed by atoms with Crippen molar-refractivity contribution in [1.29, 1.82) is 0 Å². The SMILES string of the molecule is O=C(O)[C@H]1CC[C@@H](c2nc3ccc(O)cc3cc2Cl)CC1. The summed E-state index contributed by atoms with van der Waals surface area (Å²) in [4.78, 5) is 15.6. The van der Waals surface area contributed by atoms with Gasteiger partial charge in [-0.05, 0) is 49.9 Å². The molecule has 1 aliphatic rings. The summed E-state index contributed by atoms with van der Waals surface area (Å²) in [5.41, 5.74) is 1.64.